The number of hydrogen-bond donors (Lipinski definition) is 1. The summed E-state index contributed by atoms with van der Waals surface area (Å²) in [6.07, 6.45) is 1.08. The van der Waals surface area contributed by atoms with E-state index in [1.165, 1.54) is 4.90 Å². The maximum Gasteiger partial charge on any atom is 0.244 e. The van der Waals surface area contributed by atoms with Gasteiger partial charge in [-0.2, -0.15) is 0 Å². The van der Waals surface area contributed by atoms with Crippen molar-refractivity contribution in [1.29, 1.82) is 0 Å². The van der Waals surface area contributed by atoms with Crippen LogP contribution in [0.1, 0.15) is 51.7 Å². The molecule has 186 valence electrons. The molecule has 0 bridgehead atoms. The summed E-state index contributed by atoms with van der Waals surface area (Å²) in [5, 5.41) is 3.33. The average Bonchev–Trinajstić information content (AvgIpc) is 2.74. The lowest BCUT2D eigenvalue weighted by molar-refractivity contribution is -0.139. The monoisotopic (exact) mass is 507 g/mol. The summed E-state index contributed by atoms with van der Waals surface area (Å²) in [5.41, 5.74) is 2.00. The quantitative estimate of drug-likeness (QED) is 0.523. The molecule has 0 fully saturated rings. The minimum atomic E-state index is -3.78. The van der Waals surface area contributed by atoms with E-state index in [0.717, 1.165) is 21.7 Å². The lowest BCUT2D eigenvalue weighted by Crippen LogP contribution is -2.52. The highest BCUT2D eigenvalue weighted by molar-refractivity contribution is 7.92. The molecule has 2 aromatic carbocycles. The van der Waals surface area contributed by atoms with Crippen LogP contribution in [0, 0.1) is 0 Å². The molecule has 7 nitrogen and oxygen atoms in total. The molecule has 0 radical (unpaired) electrons. The van der Waals surface area contributed by atoms with Crippen LogP contribution in [0.4, 0.5) is 5.69 Å². The molecular formula is C25H34ClN3O4S. The second-order valence-corrected chi connectivity index (χ2v) is 11.3. The fraction of sp³-hybridized carbons (Fsp3) is 0.440. The zero-order chi connectivity index (χ0) is 25.6. The van der Waals surface area contributed by atoms with Crippen molar-refractivity contribution >= 4 is 39.1 Å². The number of benzene rings is 2. The molecule has 0 aliphatic carbocycles. The normalized spacial score (nSPS) is 12.5. The molecule has 1 N–H and O–H groups in total. The van der Waals surface area contributed by atoms with E-state index in [0.29, 0.717) is 10.7 Å². The molecule has 2 amide bonds. The summed E-state index contributed by atoms with van der Waals surface area (Å²) in [5.74, 6) is -0.761. The number of anilines is 1. The van der Waals surface area contributed by atoms with Crippen LogP contribution < -0.4 is 9.62 Å². The van der Waals surface area contributed by atoms with Gasteiger partial charge >= 0.3 is 0 Å². The van der Waals surface area contributed by atoms with Crippen LogP contribution in [0.15, 0.2) is 48.5 Å². The average molecular weight is 508 g/mol. The molecule has 0 saturated carbocycles. The van der Waals surface area contributed by atoms with E-state index in [1.807, 2.05) is 45.9 Å². The molecular weight excluding hydrogens is 474 g/mol. The first-order chi connectivity index (χ1) is 15.8. The number of halogens is 1. The van der Waals surface area contributed by atoms with Gasteiger partial charge < -0.3 is 10.2 Å². The smallest absolute Gasteiger partial charge is 0.244 e. The van der Waals surface area contributed by atoms with E-state index < -0.39 is 28.5 Å². The van der Waals surface area contributed by atoms with Gasteiger partial charge in [0.1, 0.15) is 12.6 Å². The largest absolute Gasteiger partial charge is 0.352 e. The molecule has 0 unspecified atom stereocenters. The van der Waals surface area contributed by atoms with Gasteiger partial charge in [-0.1, -0.05) is 55.8 Å². The van der Waals surface area contributed by atoms with Gasteiger partial charge in [-0.05, 0) is 56.0 Å². The van der Waals surface area contributed by atoms with Crippen LogP contribution in [0.2, 0.25) is 5.02 Å². The van der Waals surface area contributed by atoms with E-state index in [-0.39, 0.29) is 24.4 Å². The Balaban J connectivity index is 2.46. The Morgan fingerprint density at radius 1 is 1.00 bits per heavy atom. The maximum absolute atomic E-state index is 13.6. The zero-order valence-corrected chi connectivity index (χ0v) is 22.2. The van der Waals surface area contributed by atoms with E-state index in [2.05, 4.69) is 5.32 Å². The van der Waals surface area contributed by atoms with Gasteiger partial charge in [-0.25, -0.2) is 8.42 Å². The number of para-hydroxylation sites is 1. The van der Waals surface area contributed by atoms with Crippen LogP contribution in [-0.2, 0) is 26.2 Å². The van der Waals surface area contributed by atoms with Crippen LogP contribution in [-0.4, -0.2) is 50.0 Å². The fourth-order valence-corrected chi connectivity index (χ4v) is 4.70. The first kappa shape index (κ1) is 27.7. The van der Waals surface area contributed by atoms with Crippen molar-refractivity contribution in [1.82, 2.24) is 10.2 Å². The molecule has 2 aromatic rings. The maximum atomic E-state index is 13.6. The Hall–Kier alpha value is -2.58. The molecule has 0 aromatic heterocycles. The predicted octanol–water partition coefficient (Wildman–Crippen LogP) is 4.17. The second-order valence-electron chi connectivity index (χ2n) is 8.97. The third-order valence-corrected chi connectivity index (χ3v) is 6.71. The van der Waals surface area contributed by atoms with Crippen LogP contribution in [0.25, 0.3) is 0 Å². The zero-order valence-electron chi connectivity index (χ0n) is 20.6. The molecule has 1 atom stereocenters. The van der Waals surface area contributed by atoms with Gasteiger partial charge in [0, 0.05) is 17.6 Å². The molecule has 34 heavy (non-hydrogen) atoms. The van der Waals surface area contributed by atoms with Crippen molar-refractivity contribution in [3.8, 4) is 0 Å². The number of amides is 2. The number of sulfonamides is 1. The van der Waals surface area contributed by atoms with Crippen molar-refractivity contribution in [2.24, 2.45) is 0 Å². The summed E-state index contributed by atoms with van der Waals surface area (Å²) in [6.45, 7) is 8.91. The molecule has 0 heterocycles. The van der Waals surface area contributed by atoms with Crippen molar-refractivity contribution in [2.75, 3.05) is 17.1 Å². The Labute approximate surface area is 208 Å². The summed E-state index contributed by atoms with van der Waals surface area (Å²) in [7, 11) is -3.78. The first-order valence-corrected chi connectivity index (χ1v) is 13.4. The minimum Gasteiger partial charge on any atom is -0.352 e. The van der Waals surface area contributed by atoms with Crippen molar-refractivity contribution < 1.29 is 18.0 Å². The van der Waals surface area contributed by atoms with E-state index in [4.69, 9.17) is 11.6 Å². The van der Waals surface area contributed by atoms with E-state index in [9.17, 15) is 18.0 Å². The summed E-state index contributed by atoms with van der Waals surface area (Å²) >= 11 is 6.12. The van der Waals surface area contributed by atoms with Crippen LogP contribution in [0.3, 0.4) is 0 Å². The van der Waals surface area contributed by atoms with Crippen LogP contribution >= 0.6 is 11.6 Å². The third kappa shape index (κ3) is 7.46. The number of nitrogens with zero attached hydrogens (tertiary/aromatic N) is 2. The van der Waals surface area contributed by atoms with E-state index in [1.54, 1.807) is 37.3 Å². The second kappa shape index (κ2) is 11.7. The number of nitrogens with one attached hydrogen (secondary N) is 1. The molecule has 0 spiro atoms. The van der Waals surface area contributed by atoms with Gasteiger partial charge in [0.15, 0.2) is 0 Å². The van der Waals surface area contributed by atoms with Gasteiger partial charge in [0.2, 0.25) is 21.8 Å². The number of hydrogen-bond acceptors (Lipinski definition) is 4. The highest BCUT2D eigenvalue weighted by Gasteiger charge is 2.31. The third-order valence-electron chi connectivity index (χ3n) is 5.35. The van der Waals surface area contributed by atoms with Crippen molar-refractivity contribution in [2.45, 2.75) is 59.2 Å². The lowest BCUT2D eigenvalue weighted by atomic mass is 10.0. The Bertz CT molecular complexity index is 1120. The topological polar surface area (TPSA) is 86.8 Å². The highest BCUT2D eigenvalue weighted by atomic mass is 35.5. The molecule has 2 rings (SSSR count). The first-order valence-electron chi connectivity index (χ1n) is 11.2. The molecule has 0 aliphatic heterocycles. The number of rotatable bonds is 10. The Morgan fingerprint density at radius 3 is 2.21 bits per heavy atom. The Morgan fingerprint density at radius 2 is 1.65 bits per heavy atom. The highest BCUT2D eigenvalue weighted by Crippen LogP contribution is 2.29. The standard InChI is InChI=1S/C25H34ClN3O4S/c1-17(2)22-12-7-8-13-23(22)29(34(6,32)33)16-24(30)28(19(5)25(31)27-18(3)4)15-20-10-9-11-21(26)14-20/h7-14,17-19H,15-16H2,1-6H3,(H,27,31)/t19-/m0/s1. The number of carbonyl (C=O) groups is 2. The SMILES string of the molecule is CC(C)NC(=O)[C@H](C)N(Cc1cccc(Cl)c1)C(=O)CN(c1ccccc1C(C)C)S(C)(=O)=O. The summed E-state index contributed by atoms with van der Waals surface area (Å²) in [4.78, 5) is 27.8. The van der Waals surface area contributed by atoms with Gasteiger partial charge in [-0.15, -0.1) is 0 Å². The lowest BCUT2D eigenvalue weighted by Gasteiger charge is -2.32. The summed E-state index contributed by atoms with van der Waals surface area (Å²) < 4.78 is 26.7. The van der Waals surface area contributed by atoms with Crippen LogP contribution in [0.5, 0.6) is 0 Å². The fourth-order valence-electron chi connectivity index (χ4n) is 3.62. The van der Waals surface area contributed by atoms with Crippen molar-refractivity contribution in [3.05, 3.63) is 64.7 Å². The van der Waals surface area contributed by atoms with Gasteiger partial charge in [-0.3, -0.25) is 13.9 Å². The predicted molar refractivity (Wildman–Crippen MR) is 137 cm³/mol. The van der Waals surface area contributed by atoms with Gasteiger partial charge in [0.05, 0.1) is 11.9 Å². The van der Waals surface area contributed by atoms with Gasteiger partial charge in [0.25, 0.3) is 0 Å². The number of carbonyl (C=O) groups excluding carboxylic acids is 2. The summed E-state index contributed by atoms with van der Waals surface area (Å²) in [6, 6.07) is 13.2. The van der Waals surface area contributed by atoms with E-state index >= 15 is 0 Å². The Kier molecular flexibility index (Phi) is 9.53. The van der Waals surface area contributed by atoms with Crippen molar-refractivity contribution in [3.63, 3.8) is 0 Å². The molecule has 9 heteroatoms. The minimum absolute atomic E-state index is 0.0499. The molecule has 0 saturated heterocycles. The molecule has 0 aliphatic rings.